The summed E-state index contributed by atoms with van der Waals surface area (Å²) in [5, 5.41) is 1.11. The fourth-order valence-corrected chi connectivity index (χ4v) is 7.96. The summed E-state index contributed by atoms with van der Waals surface area (Å²) in [6, 6.07) is 22.6. The Bertz CT molecular complexity index is 2310. The lowest BCUT2D eigenvalue weighted by Crippen LogP contribution is -2.25. The van der Waals surface area contributed by atoms with Gasteiger partial charge in [-0.1, -0.05) is 74.6 Å². The third-order valence-corrected chi connectivity index (χ3v) is 11.6. The van der Waals surface area contributed by atoms with E-state index in [1.54, 1.807) is 12.1 Å². The lowest BCUT2D eigenvalue weighted by molar-refractivity contribution is -0.134. The van der Waals surface area contributed by atoms with Gasteiger partial charge in [0.15, 0.2) is 0 Å². The van der Waals surface area contributed by atoms with Crippen LogP contribution in [0.2, 0.25) is 10.0 Å². The summed E-state index contributed by atoms with van der Waals surface area (Å²) in [5.74, 6) is -0.955. The summed E-state index contributed by atoms with van der Waals surface area (Å²) in [5.41, 5.74) is 10.8. The maximum Gasteiger partial charge on any atom is 0.340 e. The van der Waals surface area contributed by atoms with Gasteiger partial charge in [-0.3, -0.25) is 4.72 Å². The van der Waals surface area contributed by atoms with E-state index in [2.05, 4.69) is 36.6 Å². The molecule has 296 valence electrons. The van der Waals surface area contributed by atoms with E-state index < -0.39 is 25.0 Å². The zero-order valence-corrected chi connectivity index (χ0v) is 36.6. The van der Waals surface area contributed by atoms with Crippen molar-refractivity contribution in [2.24, 2.45) is 5.73 Å². The number of hydrogen-bond donors (Lipinski definition) is 2. The fourth-order valence-electron chi connectivity index (χ4n) is 5.01. The van der Waals surface area contributed by atoms with Crippen molar-refractivity contribution in [1.82, 2.24) is 4.72 Å². The minimum atomic E-state index is -3.85. The third-order valence-electron chi connectivity index (χ3n) is 7.30. The molecule has 0 heterocycles. The molecule has 2 aliphatic carbocycles. The van der Waals surface area contributed by atoms with Crippen LogP contribution in [-0.2, 0) is 51.0 Å². The van der Waals surface area contributed by atoms with Crippen molar-refractivity contribution in [3.8, 4) is 0 Å². The first-order valence-electron chi connectivity index (χ1n) is 14.9. The molecule has 4 aromatic rings. The highest BCUT2D eigenvalue weighted by molar-refractivity contribution is 9.10. The van der Waals surface area contributed by atoms with Crippen LogP contribution >= 0.6 is 88.9 Å². The molecule has 0 aromatic heterocycles. The lowest BCUT2D eigenvalue weighted by Gasteiger charge is -2.11. The molecule has 0 unspecified atom stereocenters. The Labute approximate surface area is 361 Å². The van der Waals surface area contributed by atoms with Gasteiger partial charge in [-0.05, 0) is 95.1 Å². The number of nitrogens with two attached hydrogens (primary N) is 1. The average Bonchev–Trinajstić information content (AvgIpc) is 3.63. The van der Waals surface area contributed by atoms with Crippen LogP contribution in [0, 0.1) is 0 Å². The van der Waals surface area contributed by atoms with Gasteiger partial charge in [-0.15, -0.1) is 23.2 Å². The quantitative estimate of drug-likeness (QED) is 0.109. The zero-order chi connectivity index (χ0) is 40.4. The van der Waals surface area contributed by atoms with Crippen molar-refractivity contribution in [3.05, 3.63) is 138 Å². The van der Waals surface area contributed by atoms with E-state index in [9.17, 15) is 26.4 Å². The zero-order valence-electron chi connectivity index (χ0n) is 28.0. The normalized spacial score (nSPS) is 12.6. The number of allylic oxidation sites excluding steroid dienone is 2. The molecule has 0 aliphatic heterocycles. The summed E-state index contributed by atoms with van der Waals surface area (Å²) in [7, 11) is 0.207. The van der Waals surface area contributed by atoms with Crippen molar-refractivity contribution in [3.63, 3.8) is 0 Å². The molecule has 0 saturated carbocycles. The molecule has 0 saturated heterocycles. The Morgan fingerprint density at radius 3 is 1.55 bits per heavy atom. The van der Waals surface area contributed by atoms with Gasteiger partial charge >= 0.3 is 11.9 Å². The summed E-state index contributed by atoms with van der Waals surface area (Å²) in [6.45, 7) is 0. The minimum absolute atomic E-state index is 0. The number of sulfonamides is 1. The standard InChI is InChI=1S/C17H13BrClNO4S.C11H10BrNO2.C6H4Cl2O2S.CH2Cl2.CH4/c1-24-17(21)16-14-7-2-11(18)8-10(14)9-15(16)20-25(22,23)13-5-3-12(19)4-6-13;1-15-11(14)10-8-3-2-7(12)4-6(8)5-9(10)13;7-5-1-3-6(4-2-5)11(8,9)10;2-1-3;/h2-8,20H,9H2,1H3;2-4H,5,13H2,1H3;1-4H;1H2;1H4. The van der Waals surface area contributed by atoms with E-state index in [-0.39, 0.29) is 46.2 Å². The summed E-state index contributed by atoms with van der Waals surface area (Å²) in [4.78, 5) is 23.8. The molecule has 0 fully saturated rings. The van der Waals surface area contributed by atoms with Crippen molar-refractivity contribution < 1.29 is 35.9 Å². The first kappa shape index (κ1) is 48.4. The number of carbonyl (C=O) groups is 2. The molecule has 3 N–H and O–H groups in total. The predicted molar refractivity (Wildman–Crippen MR) is 227 cm³/mol. The minimum Gasteiger partial charge on any atom is -0.465 e. The summed E-state index contributed by atoms with van der Waals surface area (Å²) < 4.78 is 60.5. The van der Waals surface area contributed by atoms with E-state index in [1.807, 2.05) is 24.3 Å². The van der Waals surface area contributed by atoms with Gasteiger partial charge < -0.3 is 15.2 Å². The van der Waals surface area contributed by atoms with E-state index in [0.29, 0.717) is 33.3 Å². The molecule has 0 bridgehead atoms. The molecule has 2 aliphatic rings. The number of halogens is 7. The van der Waals surface area contributed by atoms with Crippen LogP contribution in [0.15, 0.2) is 115 Å². The molecule has 6 rings (SSSR count). The number of ether oxygens (including phenoxy) is 2. The first-order valence-corrected chi connectivity index (χ1v) is 22.1. The predicted octanol–water partition coefficient (Wildman–Crippen LogP) is 9.69. The topological polar surface area (TPSA) is 159 Å². The van der Waals surface area contributed by atoms with E-state index >= 15 is 0 Å². The molecule has 0 amide bonds. The third kappa shape index (κ3) is 13.4. The molecule has 10 nitrogen and oxygen atoms in total. The van der Waals surface area contributed by atoms with Gasteiger partial charge in [0.2, 0.25) is 0 Å². The monoisotopic (exact) mass is 1020 g/mol. The largest absolute Gasteiger partial charge is 0.465 e. The second-order valence-electron chi connectivity index (χ2n) is 10.7. The van der Waals surface area contributed by atoms with Crippen LogP contribution in [0.3, 0.4) is 0 Å². The smallest absolute Gasteiger partial charge is 0.340 e. The Morgan fingerprint density at radius 2 is 1.11 bits per heavy atom. The SMILES string of the molecule is C.COC(=O)C1=C(N)Cc2cc(Br)ccc21.COC(=O)C1=C(NS(=O)(=O)c2ccc(Cl)cc2)Cc2cc(Br)ccc21.ClCCl.O=S(=O)(Cl)c1ccc(Cl)cc1. The van der Waals surface area contributed by atoms with Crippen molar-refractivity contribution in [1.29, 1.82) is 0 Å². The molecule has 0 atom stereocenters. The summed E-state index contributed by atoms with van der Waals surface area (Å²) >= 11 is 27.6. The van der Waals surface area contributed by atoms with Crippen LogP contribution in [0.1, 0.15) is 29.7 Å². The molecular formula is C36H33Br2Cl5N2O8S2. The number of benzene rings is 4. The van der Waals surface area contributed by atoms with Gasteiger partial charge in [0.25, 0.3) is 19.1 Å². The Hall–Kier alpha value is -2.79. The van der Waals surface area contributed by atoms with Crippen molar-refractivity contribution in [2.45, 2.75) is 30.1 Å². The van der Waals surface area contributed by atoms with Crippen molar-refractivity contribution >= 4 is 131 Å². The lowest BCUT2D eigenvalue weighted by atomic mass is 10.1. The van der Waals surface area contributed by atoms with Crippen LogP contribution in [0.5, 0.6) is 0 Å². The number of methoxy groups -OCH3 is 2. The molecule has 0 radical (unpaired) electrons. The molecule has 19 heteroatoms. The fraction of sp³-hybridized carbons (Fsp3) is 0.167. The van der Waals surface area contributed by atoms with Gasteiger partial charge in [-0.25, -0.2) is 26.4 Å². The molecule has 4 aromatic carbocycles. The average molecular weight is 1020 g/mol. The van der Waals surface area contributed by atoms with Crippen LogP contribution in [-0.4, -0.2) is 48.3 Å². The number of hydrogen-bond acceptors (Lipinski definition) is 9. The molecule has 55 heavy (non-hydrogen) atoms. The Kier molecular flexibility index (Phi) is 19.0. The number of alkyl halides is 2. The number of nitrogens with one attached hydrogen (secondary N) is 1. The number of carbonyl (C=O) groups excluding carboxylic acids is 2. The molecule has 0 spiro atoms. The highest BCUT2D eigenvalue weighted by atomic mass is 79.9. The number of fused-ring (bicyclic) bond motifs is 2. The van der Waals surface area contributed by atoms with Gasteiger partial charge in [0, 0.05) is 53.9 Å². The highest BCUT2D eigenvalue weighted by Gasteiger charge is 2.30. The van der Waals surface area contributed by atoms with E-state index in [4.69, 9.17) is 72.3 Å². The van der Waals surface area contributed by atoms with Crippen LogP contribution < -0.4 is 10.5 Å². The van der Waals surface area contributed by atoms with E-state index in [1.165, 1.54) is 62.8 Å². The second kappa shape index (κ2) is 21.7. The second-order valence-corrected chi connectivity index (χ2v) is 18.5. The van der Waals surface area contributed by atoms with Gasteiger partial charge in [-0.2, -0.15) is 0 Å². The van der Waals surface area contributed by atoms with Crippen molar-refractivity contribution in [2.75, 3.05) is 19.6 Å². The Morgan fingerprint density at radius 1 is 0.709 bits per heavy atom. The number of esters is 2. The van der Waals surface area contributed by atoms with Gasteiger partial charge in [0.1, 0.15) is 0 Å². The summed E-state index contributed by atoms with van der Waals surface area (Å²) in [6.07, 6.45) is 0.894. The number of rotatable bonds is 6. The molecular weight excluding hydrogens is 990 g/mol. The maximum atomic E-state index is 12.6. The van der Waals surface area contributed by atoms with Crippen LogP contribution in [0.25, 0.3) is 11.1 Å². The van der Waals surface area contributed by atoms with Gasteiger partial charge in [0.05, 0.1) is 40.5 Å². The Balaban J connectivity index is 0.000000297. The van der Waals surface area contributed by atoms with E-state index in [0.717, 1.165) is 25.6 Å². The van der Waals surface area contributed by atoms with Crippen LogP contribution in [0.4, 0.5) is 0 Å². The maximum absolute atomic E-state index is 12.6. The highest BCUT2D eigenvalue weighted by Crippen LogP contribution is 2.35. The first-order chi connectivity index (χ1) is 25.4.